The summed E-state index contributed by atoms with van der Waals surface area (Å²) in [6.45, 7) is 4.90. The molecule has 0 unspecified atom stereocenters. The van der Waals surface area contributed by atoms with E-state index in [-0.39, 0.29) is 22.6 Å². The van der Waals surface area contributed by atoms with Gasteiger partial charge < -0.3 is 9.73 Å². The number of amides is 1. The van der Waals surface area contributed by atoms with Crippen molar-refractivity contribution >= 4 is 11.6 Å². The lowest BCUT2D eigenvalue weighted by molar-refractivity contribution is -0.384. The van der Waals surface area contributed by atoms with Gasteiger partial charge in [-0.3, -0.25) is 24.7 Å². The van der Waals surface area contributed by atoms with E-state index in [0.717, 1.165) is 51.1 Å². The minimum absolute atomic E-state index is 0.117. The number of oxazole rings is 1. The van der Waals surface area contributed by atoms with Crippen LogP contribution in [0.4, 0.5) is 5.69 Å². The molecule has 1 aromatic carbocycles. The molecule has 0 radical (unpaired) electrons. The largest absolute Gasteiger partial charge is 0.447 e. The number of rotatable bonds is 7. The standard InChI is InChI=1S/C22H29N5O4/c28-22(23-18-4-2-1-3-5-18)20-16-31-21(24-20)15-26-12-10-25(11-13-26)14-17-6-8-19(9-7-17)27(29)30/h6-9,16,18H,1-5,10-15H2,(H,23,28). The molecule has 1 amide bonds. The molecular weight excluding hydrogens is 398 g/mol. The SMILES string of the molecule is O=C(NC1CCCCC1)c1coc(CN2CCN(Cc3ccc([N+](=O)[O-])cc3)CC2)n1. The van der Waals surface area contributed by atoms with Crippen LogP contribution in [0.15, 0.2) is 34.9 Å². The van der Waals surface area contributed by atoms with E-state index in [0.29, 0.717) is 18.1 Å². The van der Waals surface area contributed by atoms with Crippen LogP contribution >= 0.6 is 0 Å². The summed E-state index contributed by atoms with van der Waals surface area (Å²) in [4.78, 5) is 31.8. The third kappa shape index (κ3) is 5.89. The van der Waals surface area contributed by atoms with E-state index in [9.17, 15) is 14.9 Å². The summed E-state index contributed by atoms with van der Waals surface area (Å²) < 4.78 is 5.55. The van der Waals surface area contributed by atoms with Gasteiger partial charge in [-0.05, 0) is 18.4 Å². The lowest BCUT2D eigenvalue weighted by Gasteiger charge is -2.34. The van der Waals surface area contributed by atoms with Gasteiger partial charge >= 0.3 is 0 Å². The predicted molar refractivity (Wildman–Crippen MR) is 114 cm³/mol. The smallest absolute Gasteiger partial charge is 0.273 e. The van der Waals surface area contributed by atoms with Crippen LogP contribution in [0.25, 0.3) is 0 Å². The van der Waals surface area contributed by atoms with E-state index >= 15 is 0 Å². The maximum atomic E-state index is 12.4. The van der Waals surface area contributed by atoms with Crippen LogP contribution in [-0.2, 0) is 13.1 Å². The summed E-state index contributed by atoms with van der Waals surface area (Å²) in [5.41, 5.74) is 1.55. The lowest BCUT2D eigenvalue weighted by Crippen LogP contribution is -2.45. The Kier molecular flexibility index (Phi) is 6.93. The number of benzene rings is 1. The highest BCUT2D eigenvalue weighted by molar-refractivity contribution is 5.92. The van der Waals surface area contributed by atoms with Gasteiger partial charge in [0.05, 0.1) is 11.5 Å². The van der Waals surface area contributed by atoms with Gasteiger partial charge in [-0.2, -0.15) is 0 Å². The minimum Gasteiger partial charge on any atom is -0.447 e. The Morgan fingerprint density at radius 1 is 1.06 bits per heavy atom. The molecule has 1 saturated carbocycles. The molecule has 2 aromatic rings. The second kappa shape index (κ2) is 10.0. The Morgan fingerprint density at radius 3 is 2.35 bits per heavy atom. The first-order chi connectivity index (χ1) is 15.1. The lowest BCUT2D eigenvalue weighted by atomic mass is 9.95. The van der Waals surface area contributed by atoms with Crippen molar-refractivity contribution < 1.29 is 14.1 Å². The molecule has 2 heterocycles. The van der Waals surface area contributed by atoms with Gasteiger partial charge in [0.1, 0.15) is 6.26 Å². The van der Waals surface area contributed by atoms with E-state index in [2.05, 4.69) is 20.1 Å². The van der Waals surface area contributed by atoms with Crippen molar-refractivity contribution in [2.24, 2.45) is 0 Å². The van der Waals surface area contributed by atoms with Gasteiger partial charge in [0.15, 0.2) is 5.69 Å². The predicted octanol–water partition coefficient (Wildman–Crippen LogP) is 2.96. The van der Waals surface area contributed by atoms with Crippen LogP contribution in [0.3, 0.4) is 0 Å². The summed E-state index contributed by atoms with van der Waals surface area (Å²) in [5.74, 6) is 0.424. The van der Waals surface area contributed by atoms with Crippen LogP contribution in [0.1, 0.15) is 54.0 Å². The molecule has 9 nitrogen and oxygen atoms in total. The van der Waals surface area contributed by atoms with Crippen molar-refractivity contribution in [2.75, 3.05) is 26.2 Å². The quantitative estimate of drug-likeness (QED) is 0.535. The molecule has 1 saturated heterocycles. The number of hydrogen-bond acceptors (Lipinski definition) is 7. The highest BCUT2D eigenvalue weighted by Crippen LogP contribution is 2.18. The Morgan fingerprint density at radius 2 is 1.71 bits per heavy atom. The van der Waals surface area contributed by atoms with E-state index in [1.54, 1.807) is 12.1 Å². The number of nitro groups is 1. The molecule has 0 spiro atoms. The summed E-state index contributed by atoms with van der Waals surface area (Å²) in [7, 11) is 0. The van der Waals surface area contributed by atoms with Gasteiger partial charge in [0.25, 0.3) is 11.6 Å². The molecule has 9 heteroatoms. The average Bonchev–Trinajstić information content (AvgIpc) is 3.25. The number of nitro benzene ring substituents is 1. The molecule has 0 atom stereocenters. The Hall–Kier alpha value is -2.78. The van der Waals surface area contributed by atoms with E-state index in [1.807, 2.05) is 12.1 Å². The van der Waals surface area contributed by atoms with Gasteiger partial charge in [0.2, 0.25) is 5.89 Å². The highest BCUT2D eigenvalue weighted by Gasteiger charge is 2.22. The number of aromatic nitrogens is 1. The molecule has 4 rings (SSSR count). The number of carbonyl (C=O) groups is 1. The molecule has 1 aliphatic carbocycles. The van der Waals surface area contributed by atoms with E-state index in [1.165, 1.54) is 25.5 Å². The molecule has 0 bridgehead atoms. The minimum atomic E-state index is -0.379. The summed E-state index contributed by atoms with van der Waals surface area (Å²) in [5, 5.41) is 13.8. The molecule has 2 aliphatic rings. The van der Waals surface area contributed by atoms with Gasteiger partial charge in [0, 0.05) is 50.9 Å². The fourth-order valence-corrected chi connectivity index (χ4v) is 4.27. The first-order valence-corrected chi connectivity index (χ1v) is 11.0. The second-order valence-electron chi connectivity index (χ2n) is 8.41. The Balaban J connectivity index is 1.22. The Labute approximate surface area is 181 Å². The zero-order valence-electron chi connectivity index (χ0n) is 17.7. The molecule has 1 N–H and O–H groups in total. The fourth-order valence-electron chi connectivity index (χ4n) is 4.27. The van der Waals surface area contributed by atoms with E-state index in [4.69, 9.17) is 4.42 Å². The Bertz CT molecular complexity index is 884. The highest BCUT2D eigenvalue weighted by atomic mass is 16.6. The van der Waals surface area contributed by atoms with Crippen molar-refractivity contribution in [2.45, 2.75) is 51.2 Å². The maximum Gasteiger partial charge on any atom is 0.273 e. The zero-order valence-corrected chi connectivity index (χ0v) is 17.7. The summed E-state index contributed by atoms with van der Waals surface area (Å²) in [6.07, 6.45) is 7.14. The number of carbonyl (C=O) groups excluding carboxylic acids is 1. The fraction of sp³-hybridized carbons (Fsp3) is 0.545. The van der Waals surface area contributed by atoms with Gasteiger partial charge in [-0.15, -0.1) is 0 Å². The van der Waals surface area contributed by atoms with Gasteiger partial charge in [-0.25, -0.2) is 4.98 Å². The number of piperazine rings is 1. The van der Waals surface area contributed by atoms with Crippen LogP contribution < -0.4 is 5.32 Å². The van der Waals surface area contributed by atoms with E-state index < -0.39 is 0 Å². The van der Waals surface area contributed by atoms with Crippen molar-refractivity contribution in [3.05, 3.63) is 57.8 Å². The average molecular weight is 428 g/mol. The molecular formula is C22H29N5O4. The number of nitrogens with zero attached hydrogens (tertiary/aromatic N) is 4. The molecule has 31 heavy (non-hydrogen) atoms. The monoisotopic (exact) mass is 427 g/mol. The normalized spacial score (nSPS) is 18.7. The topological polar surface area (TPSA) is 105 Å². The van der Waals surface area contributed by atoms with Crippen LogP contribution in [-0.4, -0.2) is 57.8 Å². The van der Waals surface area contributed by atoms with Crippen LogP contribution in [0, 0.1) is 10.1 Å². The van der Waals surface area contributed by atoms with Crippen LogP contribution in [0.2, 0.25) is 0 Å². The molecule has 2 fully saturated rings. The molecule has 166 valence electrons. The zero-order chi connectivity index (χ0) is 21.6. The number of non-ortho nitro benzene ring substituents is 1. The van der Waals surface area contributed by atoms with Gasteiger partial charge in [-0.1, -0.05) is 31.4 Å². The maximum absolute atomic E-state index is 12.4. The van der Waals surface area contributed by atoms with Crippen molar-refractivity contribution in [1.29, 1.82) is 0 Å². The molecule has 1 aromatic heterocycles. The van der Waals surface area contributed by atoms with Crippen LogP contribution in [0.5, 0.6) is 0 Å². The first-order valence-electron chi connectivity index (χ1n) is 11.0. The number of nitrogens with one attached hydrogen (secondary N) is 1. The summed E-state index contributed by atoms with van der Waals surface area (Å²) >= 11 is 0. The third-order valence-corrected chi connectivity index (χ3v) is 6.10. The van der Waals surface area contributed by atoms with Crippen molar-refractivity contribution in [3.63, 3.8) is 0 Å². The van der Waals surface area contributed by atoms with Crippen molar-refractivity contribution in [1.82, 2.24) is 20.1 Å². The third-order valence-electron chi connectivity index (χ3n) is 6.10. The molecule has 1 aliphatic heterocycles. The summed E-state index contributed by atoms with van der Waals surface area (Å²) in [6, 6.07) is 6.99. The first kappa shape index (κ1) is 21.5. The number of hydrogen-bond donors (Lipinski definition) is 1. The van der Waals surface area contributed by atoms with Crippen molar-refractivity contribution in [3.8, 4) is 0 Å². The second-order valence-corrected chi connectivity index (χ2v) is 8.41.